The van der Waals surface area contributed by atoms with Crippen molar-refractivity contribution < 1.29 is 14.3 Å². The van der Waals surface area contributed by atoms with Gasteiger partial charge in [-0.05, 0) is 42.3 Å². The predicted octanol–water partition coefficient (Wildman–Crippen LogP) is 3.81. The average Bonchev–Trinajstić information content (AvgIpc) is 2.74. The number of rotatable bonds is 8. The van der Waals surface area contributed by atoms with E-state index in [4.69, 9.17) is 9.47 Å². The summed E-state index contributed by atoms with van der Waals surface area (Å²) in [6.07, 6.45) is 2.32. The van der Waals surface area contributed by atoms with Crippen molar-refractivity contribution in [3.63, 3.8) is 0 Å². The second kappa shape index (κ2) is 9.41. The fourth-order valence-electron chi connectivity index (χ4n) is 2.78. The molecular formula is C22H23N3O3. The normalized spacial score (nSPS) is 10.2. The van der Waals surface area contributed by atoms with E-state index in [1.165, 1.54) is 0 Å². The standard InChI is InChI=1S/C22H23N3O3/c1-27-19-8-5-7-17(14-19)25-18-10-11-20(24-15-18)22(26)23-13-12-16-6-3-4-9-21(16)28-2/h3-11,14-15,25H,12-13H2,1-2H3,(H,23,26). The lowest BCUT2D eigenvalue weighted by atomic mass is 10.1. The van der Waals surface area contributed by atoms with E-state index in [2.05, 4.69) is 15.6 Å². The quantitative estimate of drug-likeness (QED) is 0.624. The number of hydrogen-bond acceptors (Lipinski definition) is 5. The van der Waals surface area contributed by atoms with Crippen LogP contribution in [0.2, 0.25) is 0 Å². The smallest absolute Gasteiger partial charge is 0.269 e. The SMILES string of the molecule is COc1cccc(Nc2ccc(C(=O)NCCc3ccccc3OC)nc2)c1. The van der Waals surface area contributed by atoms with Gasteiger partial charge < -0.3 is 20.1 Å². The largest absolute Gasteiger partial charge is 0.497 e. The number of nitrogens with zero attached hydrogens (tertiary/aromatic N) is 1. The molecule has 3 aromatic rings. The molecule has 1 aromatic heterocycles. The summed E-state index contributed by atoms with van der Waals surface area (Å²) in [7, 11) is 3.27. The first-order valence-corrected chi connectivity index (χ1v) is 8.97. The van der Waals surface area contributed by atoms with E-state index in [1.54, 1.807) is 26.5 Å². The summed E-state index contributed by atoms with van der Waals surface area (Å²) in [4.78, 5) is 16.5. The fourth-order valence-corrected chi connectivity index (χ4v) is 2.78. The zero-order chi connectivity index (χ0) is 19.8. The highest BCUT2D eigenvalue weighted by Crippen LogP contribution is 2.21. The monoisotopic (exact) mass is 377 g/mol. The van der Waals surface area contributed by atoms with E-state index in [0.717, 1.165) is 28.4 Å². The summed E-state index contributed by atoms with van der Waals surface area (Å²) in [5, 5.41) is 6.12. The molecule has 6 heteroatoms. The van der Waals surface area contributed by atoms with Crippen LogP contribution in [0.1, 0.15) is 16.1 Å². The molecule has 0 atom stereocenters. The zero-order valence-corrected chi connectivity index (χ0v) is 15.9. The Hall–Kier alpha value is -3.54. The number of aromatic nitrogens is 1. The molecule has 28 heavy (non-hydrogen) atoms. The molecule has 0 aliphatic rings. The third kappa shape index (κ3) is 5.01. The molecule has 1 heterocycles. The van der Waals surface area contributed by atoms with Crippen molar-refractivity contribution in [1.29, 1.82) is 0 Å². The number of benzene rings is 2. The molecule has 3 rings (SSSR count). The van der Waals surface area contributed by atoms with Crippen molar-refractivity contribution in [3.05, 3.63) is 78.1 Å². The van der Waals surface area contributed by atoms with Crippen molar-refractivity contribution in [2.75, 3.05) is 26.1 Å². The van der Waals surface area contributed by atoms with Gasteiger partial charge in [0.25, 0.3) is 5.91 Å². The highest BCUT2D eigenvalue weighted by molar-refractivity contribution is 5.92. The minimum Gasteiger partial charge on any atom is -0.497 e. The number of carbonyl (C=O) groups excluding carboxylic acids is 1. The molecule has 144 valence electrons. The molecule has 2 N–H and O–H groups in total. The number of ether oxygens (including phenoxy) is 2. The number of carbonyl (C=O) groups is 1. The summed E-state index contributed by atoms with van der Waals surface area (Å²) in [5.41, 5.74) is 3.10. The van der Waals surface area contributed by atoms with E-state index in [1.807, 2.05) is 54.6 Å². The Morgan fingerprint density at radius 2 is 1.82 bits per heavy atom. The highest BCUT2D eigenvalue weighted by atomic mass is 16.5. The summed E-state index contributed by atoms with van der Waals surface area (Å²) in [6, 6.07) is 18.9. The van der Waals surface area contributed by atoms with Crippen molar-refractivity contribution in [3.8, 4) is 11.5 Å². The molecule has 0 aliphatic carbocycles. The first-order chi connectivity index (χ1) is 13.7. The van der Waals surface area contributed by atoms with Crippen LogP contribution in [0.25, 0.3) is 0 Å². The van der Waals surface area contributed by atoms with E-state index < -0.39 is 0 Å². The minimum absolute atomic E-state index is 0.206. The number of nitrogens with one attached hydrogen (secondary N) is 2. The average molecular weight is 377 g/mol. The maximum atomic E-state index is 12.3. The Balaban J connectivity index is 1.54. The number of pyridine rings is 1. The molecule has 0 unspecified atom stereocenters. The van der Waals surface area contributed by atoms with Crippen LogP contribution in [0, 0.1) is 0 Å². The van der Waals surface area contributed by atoms with Crippen molar-refractivity contribution in [1.82, 2.24) is 10.3 Å². The van der Waals surface area contributed by atoms with Gasteiger partial charge in [-0.3, -0.25) is 4.79 Å². The molecule has 2 aromatic carbocycles. The summed E-state index contributed by atoms with van der Waals surface area (Å²) >= 11 is 0. The molecular weight excluding hydrogens is 354 g/mol. The highest BCUT2D eigenvalue weighted by Gasteiger charge is 2.08. The molecule has 6 nitrogen and oxygen atoms in total. The van der Waals surface area contributed by atoms with Gasteiger partial charge in [0.1, 0.15) is 17.2 Å². The summed E-state index contributed by atoms with van der Waals surface area (Å²) in [5.74, 6) is 1.38. The number of anilines is 2. The van der Waals surface area contributed by atoms with E-state index in [9.17, 15) is 4.79 Å². The van der Waals surface area contributed by atoms with E-state index >= 15 is 0 Å². The molecule has 1 amide bonds. The third-order valence-corrected chi connectivity index (χ3v) is 4.23. The molecule has 0 radical (unpaired) electrons. The predicted molar refractivity (Wildman–Crippen MR) is 110 cm³/mol. The first kappa shape index (κ1) is 19.2. The third-order valence-electron chi connectivity index (χ3n) is 4.23. The van der Waals surface area contributed by atoms with Crippen LogP contribution in [-0.2, 0) is 6.42 Å². The van der Waals surface area contributed by atoms with Crippen LogP contribution < -0.4 is 20.1 Å². The van der Waals surface area contributed by atoms with Crippen LogP contribution in [0.3, 0.4) is 0 Å². The molecule has 0 spiro atoms. The Morgan fingerprint density at radius 1 is 0.964 bits per heavy atom. The van der Waals surface area contributed by atoms with Crippen LogP contribution in [0.15, 0.2) is 66.9 Å². The van der Waals surface area contributed by atoms with Crippen LogP contribution >= 0.6 is 0 Å². The zero-order valence-electron chi connectivity index (χ0n) is 15.9. The van der Waals surface area contributed by atoms with Gasteiger partial charge in [0.15, 0.2) is 0 Å². The number of para-hydroxylation sites is 1. The van der Waals surface area contributed by atoms with Gasteiger partial charge in [-0.2, -0.15) is 0 Å². The van der Waals surface area contributed by atoms with Gasteiger partial charge in [0, 0.05) is 18.3 Å². The van der Waals surface area contributed by atoms with Gasteiger partial charge >= 0.3 is 0 Å². The van der Waals surface area contributed by atoms with Gasteiger partial charge in [-0.1, -0.05) is 24.3 Å². The van der Waals surface area contributed by atoms with Gasteiger partial charge in [0.2, 0.25) is 0 Å². The topological polar surface area (TPSA) is 72.5 Å². The summed E-state index contributed by atoms with van der Waals surface area (Å²) in [6.45, 7) is 0.505. The minimum atomic E-state index is -0.206. The maximum Gasteiger partial charge on any atom is 0.269 e. The summed E-state index contributed by atoms with van der Waals surface area (Å²) < 4.78 is 10.5. The Kier molecular flexibility index (Phi) is 6.46. The molecule has 0 fully saturated rings. The molecule has 0 aliphatic heterocycles. The maximum absolute atomic E-state index is 12.3. The lowest BCUT2D eigenvalue weighted by molar-refractivity contribution is 0.0949. The Bertz CT molecular complexity index is 926. The lowest BCUT2D eigenvalue weighted by Gasteiger charge is -2.10. The van der Waals surface area contributed by atoms with Crippen LogP contribution in [0.5, 0.6) is 11.5 Å². The van der Waals surface area contributed by atoms with Gasteiger partial charge in [-0.25, -0.2) is 4.98 Å². The van der Waals surface area contributed by atoms with Crippen molar-refractivity contribution >= 4 is 17.3 Å². The van der Waals surface area contributed by atoms with Crippen molar-refractivity contribution in [2.24, 2.45) is 0 Å². The van der Waals surface area contributed by atoms with E-state index in [-0.39, 0.29) is 5.91 Å². The Labute approximate surface area is 164 Å². The molecule has 0 saturated heterocycles. The van der Waals surface area contributed by atoms with Crippen molar-refractivity contribution in [2.45, 2.75) is 6.42 Å². The number of hydrogen-bond donors (Lipinski definition) is 2. The molecule has 0 bridgehead atoms. The molecule has 0 saturated carbocycles. The van der Waals surface area contributed by atoms with Gasteiger partial charge in [-0.15, -0.1) is 0 Å². The van der Waals surface area contributed by atoms with E-state index in [0.29, 0.717) is 18.7 Å². The first-order valence-electron chi connectivity index (χ1n) is 8.97. The fraction of sp³-hybridized carbons (Fsp3) is 0.182. The Morgan fingerprint density at radius 3 is 2.57 bits per heavy atom. The van der Waals surface area contributed by atoms with Crippen LogP contribution in [-0.4, -0.2) is 31.7 Å². The van der Waals surface area contributed by atoms with Gasteiger partial charge in [0.05, 0.1) is 26.1 Å². The van der Waals surface area contributed by atoms with Crippen LogP contribution in [0.4, 0.5) is 11.4 Å². The second-order valence-electron chi connectivity index (χ2n) is 6.11. The second-order valence-corrected chi connectivity index (χ2v) is 6.11. The number of amides is 1. The lowest BCUT2D eigenvalue weighted by Crippen LogP contribution is -2.26. The number of methoxy groups -OCH3 is 2.